The van der Waals surface area contributed by atoms with Gasteiger partial charge in [0, 0.05) is 0 Å². The van der Waals surface area contributed by atoms with Gasteiger partial charge in [0.1, 0.15) is 0 Å². The van der Waals surface area contributed by atoms with Gasteiger partial charge in [0.05, 0.1) is 0 Å². The Kier molecular flexibility index (Phi) is 6.95. The Hall–Kier alpha value is -0.820. The molecule has 1 heteroatoms. The highest BCUT2D eigenvalue weighted by molar-refractivity contribution is 5.24. The van der Waals surface area contributed by atoms with Crippen LogP contribution in [0.1, 0.15) is 62.5 Å². The molecule has 1 unspecified atom stereocenters. The molecule has 1 rings (SSSR count). The summed E-state index contributed by atoms with van der Waals surface area (Å²) >= 11 is 0. The molecule has 0 saturated heterocycles. The lowest BCUT2D eigenvalue weighted by Crippen LogP contribution is -2.12. The molecule has 0 amide bonds. The molecule has 0 bridgehead atoms. The second kappa shape index (κ2) is 8.30. The summed E-state index contributed by atoms with van der Waals surface area (Å²) in [5.74, 6) is 0.553. The minimum absolute atomic E-state index is 0.553. The van der Waals surface area contributed by atoms with Crippen molar-refractivity contribution in [1.82, 2.24) is 0 Å². The molecule has 1 aromatic carbocycles. The van der Waals surface area contributed by atoms with E-state index in [1.807, 2.05) is 0 Å². The lowest BCUT2D eigenvalue weighted by Gasteiger charge is -2.15. The van der Waals surface area contributed by atoms with Crippen LogP contribution >= 0.6 is 0 Å². The van der Waals surface area contributed by atoms with Gasteiger partial charge in [-0.3, -0.25) is 0 Å². The van der Waals surface area contributed by atoms with Crippen molar-refractivity contribution in [3.05, 3.63) is 35.4 Å². The lowest BCUT2D eigenvalue weighted by molar-refractivity contribution is 0.549. The van der Waals surface area contributed by atoms with Crippen molar-refractivity contribution in [1.29, 1.82) is 0 Å². The van der Waals surface area contributed by atoms with Crippen LogP contribution in [0.2, 0.25) is 0 Å². The minimum Gasteiger partial charge on any atom is -0.330 e. The van der Waals surface area contributed by atoms with Crippen LogP contribution in [0.25, 0.3) is 0 Å². The quantitative estimate of drug-likeness (QED) is 0.662. The topological polar surface area (TPSA) is 26.0 Å². The second-order valence-corrected chi connectivity index (χ2v) is 5.05. The highest BCUT2D eigenvalue weighted by Gasteiger charge is 2.08. The first-order chi connectivity index (χ1) is 8.27. The zero-order valence-electron chi connectivity index (χ0n) is 11.4. The smallest absolute Gasteiger partial charge is 0.000824 e. The van der Waals surface area contributed by atoms with Crippen LogP contribution in [0.15, 0.2) is 24.3 Å². The maximum atomic E-state index is 5.88. The van der Waals surface area contributed by atoms with Crippen molar-refractivity contribution >= 4 is 0 Å². The van der Waals surface area contributed by atoms with Crippen LogP contribution in [0.4, 0.5) is 0 Å². The Morgan fingerprint density at radius 3 is 2.24 bits per heavy atom. The molecular formula is C16H27N. The number of nitrogens with two attached hydrogens (primary N) is 1. The summed E-state index contributed by atoms with van der Waals surface area (Å²) in [5, 5.41) is 0. The second-order valence-electron chi connectivity index (χ2n) is 5.05. The van der Waals surface area contributed by atoms with Crippen LogP contribution in [0.3, 0.4) is 0 Å². The van der Waals surface area contributed by atoms with Gasteiger partial charge >= 0.3 is 0 Å². The zero-order valence-corrected chi connectivity index (χ0v) is 11.4. The van der Waals surface area contributed by atoms with Gasteiger partial charge in [0.25, 0.3) is 0 Å². The largest absolute Gasteiger partial charge is 0.330 e. The summed E-state index contributed by atoms with van der Waals surface area (Å²) in [6.07, 6.45) is 7.98. The molecule has 0 spiro atoms. The highest BCUT2D eigenvalue weighted by Crippen LogP contribution is 2.22. The predicted octanol–water partition coefficient (Wildman–Crippen LogP) is 4.40. The molecule has 0 aromatic heterocycles. The van der Waals surface area contributed by atoms with Crippen LogP contribution in [0, 0.1) is 6.92 Å². The fraction of sp³-hybridized carbons (Fsp3) is 0.625. The van der Waals surface area contributed by atoms with Crippen LogP contribution < -0.4 is 5.73 Å². The van der Waals surface area contributed by atoms with E-state index in [-0.39, 0.29) is 0 Å². The maximum Gasteiger partial charge on any atom is -0.000824 e. The van der Waals surface area contributed by atoms with Gasteiger partial charge in [-0.25, -0.2) is 0 Å². The number of hydrogen-bond donors (Lipinski definition) is 1. The highest BCUT2D eigenvalue weighted by atomic mass is 14.5. The Labute approximate surface area is 106 Å². The van der Waals surface area contributed by atoms with E-state index in [4.69, 9.17) is 5.73 Å². The van der Waals surface area contributed by atoms with Gasteiger partial charge in [-0.1, -0.05) is 68.9 Å². The molecule has 96 valence electrons. The van der Waals surface area contributed by atoms with Gasteiger partial charge < -0.3 is 5.73 Å². The van der Waals surface area contributed by atoms with Crippen molar-refractivity contribution < 1.29 is 0 Å². The molecule has 17 heavy (non-hydrogen) atoms. The third kappa shape index (κ3) is 5.36. The van der Waals surface area contributed by atoms with E-state index in [1.54, 1.807) is 0 Å². The molecule has 0 saturated carbocycles. The first-order valence-corrected chi connectivity index (χ1v) is 7.04. The fourth-order valence-electron chi connectivity index (χ4n) is 2.25. The Morgan fingerprint density at radius 2 is 1.65 bits per heavy atom. The maximum absolute atomic E-state index is 5.88. The first kappa shape index (κ1) is 14.2. The van der Waals surface area contributed by atoms with E-state index in [0.29, 0.717) is 5.92 Å². The number of benzene rings is 1. The summed E-state index contributed by atoms with van der Waals surface area (Å²) in [5.41, 5.74) is 8.62. The van der Waals surface area contributed by atoms with Crippen molar-refractivity contribution in [3.63, 3.8) is 0 Å². The van der Waals surface area contributed by atoms with E-state index in [0.717, 1.165) is 6.54 Å². The Bertz CT molecular complexity index is 289. The standard InChI is InChI=1S/C16H27N/c1-3-4-5-6-7-8-16(13-17)15-11-9-14(2)10-12-15/h9-12,16H,3-8,13,17H2,1-2H3. The summed E-state index contributed by atoms with van der Waals surface area (Å²) in [7, 11) is 0. The summed E-state index contributed by atoms with van der Waals surface area (Å²) in [6, 6.07) is 8.85. The van der Waals surface area contributed by atoms with E-state index in [2.05, 4.69) is 38.1 Å². The molecule has 0 aliphatic heterocycles. The fourth-order valence-corrected chi connectivity index (χ4v) is 2.25. The number of unbranched alkanes of at least 4 members (excludes halogenated alkanes) is 4. The minimum atomic E-state index is 0.553. The molecule has 0 aliphatic rings. The molecule has 1 aromatic rings. The van der Waals surface area contributed by atoms with Crippen molar-refractivity contribution in [2.75, 3.05) is 6.54 Å². The van der Waals surface area contributed by atoms with Crippen molar-refractivity contribution in [2.24, 2.45) is 5.73 Å². The van der Waals surface area contributed by atoms with E-state index in [9.17, 15) is 0 Å². The van der Waals surface area contributed by atoms with Gasteiger partial charge in [0.15, 0.2) is 0 Å². The Balaban J connectivity index is 2.35. The summed E-state index contributed by atoms with van der Waals surface area (Å²) in [4.78, 5) is 0. The lowest BCUT2D eigenvalue weighted by atomic mass is 9.92. The molecule has 1 atom stereocenters. The third-order valence-electron chi connectivity index (χ3n) is 3.49. The van der Waals surface area contributed by atoms with Gasteiger partial charge in [-0.05, 0) is 31.4 Å². The molecule has 1 nitrogen and oxygen atoms in total. The molecule has 0 radical (unpaired) electrons. The normalized spacial score (nSPS) is 12.6. The molecular weight excluding hydrogens is 206 g/mol. The predicted molar refractivity (Wildman–Crippen MR) is 76.4 cm³/mol. The van der Waals surface area contributed by atoms with Gasteiger partial charge in [0.2, 0.25) is 0 Å². The van der Waals surface area contributed by atoms with Crippen molar-refractivity contribution in [2.45, 2.75) is 58.3 Å². The van der Waals surface area contributed by atoms with Crippen LogP contribution in [-0.2, 0) is 0 Å². The van der Waals surface area contributed by atoms with Crippen LogP contribution in [-0.4, -0.2) is 6.54 Å². The van der Waals surface area contributed by atoms with Gasteiger partial charge in [-0.15, -0.1) is 0 Å². The molecule has 2 N–H and O–H groups in total. The monoisotopic (exact) mass is 233 g/mol. The molecule has 0 fully saturated rings. The third-order valence-corrected chi connectivity index (χ3v) is 3.49. The SMILES string of the molecule is CCCCCCCC(CN)c1ccc(C)cc1. The number of aryl methyl sites for hydroxylation is 1. The zero-order chi connectivity index (χ0) is 12.5. The van der Waals surface area contributed by atoms with Crippen molar-refractivity contribution in [3.8, 4) is 0 Å². The number of hydrogen-bond acceptors (Lipinski definition) is 1. The first-order valence-electron chi connectivity index (χ1n) is 7.04. The van der Waals surface area contributed by atoms with Crippen LogP contribution in [0.5, 0.6) is 0 Å². The van der Waals surface area contributed by atoms with E-state index in [1.165, 1.54) is 49.7 Å². The summed E-state index contributed by atoms with van der Waals surface area (Å²) < 4.78 is 0. The average molecular weight is 233 g/mol. The molecule has 0 aliphatic carbocycles. The molecule has 0 heterocycles. The van der Waals surface area contributed by atoms with E-state index >= 15 is 0 Å². The summed E-state index contributed by atoms with van der Waals surface area (Å²) in [6.45, 7) is 5.16. The number of rotatable bonds is 8. The van der Waals surface area contributed by atoms with Gasteiger partial charge in [-0.2, -0.15) is 0 Å². The Morgan fingerprint density at radius 1 is 1.00 bits per heavy atom. The average Bonchev–Trinajstić information content (AvgIpc) is 2.35. The van der Waals surface area contributed by atoms with E-state index < -0.39 is 0 Å².